The number of anilines is 2. The van der Waals surface area contributed by atoms with E-state index in [1.165, 1.54) is 23.0 Å². The lowest BCUT2D eigenvalue weighted by atomic mass is 9.95. The maximum Gasteiger partial charge on any atom is 0.254 e. The van der Waals surface area contributed by atoms with Gasteiger partial charge in [-0.25, -0.2) is 12.7 Å². The van der Waals surface area contributed by atoms with Crippen LogP contribution in [0.25, 0.3) is 0 Å². The molecule has 5 N–H and O–H groups in total. The molecular weight excluding hydrogens is 404 g/mol. The standard InChI is InChI=1S/C20H32N6O3S/c1-14(23-15-8-10-25(11-9-15)30(2,28)29)24-20-17(13-21)18(22)12-19(27)26(20)16-6-4-3-5-7-16/h12-13,15-16,21,23-24H,1,3-11,22H2,2H3. The van der Waals surface area contributed by atoms with Crippen LogP contribution in [-0.2, 0) is 10.0 Å². The van der Waals surface area contributed by atoms with E-state index in [1.54, 1.807) is 4.57 Å². The zero-order chi connectivity index (χ0) is 21.9. The van der Waals surface area contributed by atoms with Crippen LogP contribution in [0, 0.1) is 5.41 Å². The van der Waals surface area contributed by atoms with Gasteiger partial charge in [-0.3, -0.25) is 9.36 Å². The SMILES string of the molecule is C=C(Nc1c(C=N)c(N)cc(=O)n1C1CCCCC1)NC1CCN(S(C)(=O)=O)CC1. The Morgan fingerprint density at radius 2 is 1.87 bits per heavy atom. The van der Waals surface area contributed by atoms with Crippen LogP contribution >= 0.6 is 0 Å². The summed E-state index contributed by atoms with van der Waals surface area (Å²) in [4.78, 5) is 12.8. The number of nitrogens with one attached hydrogen (secondary N) is 3. The highest BCUT2D eigenvalue weighted by molar-refractivity contribution is 7.88. The van der Waals surface area contributed by atoms with E-state index in [-0.39, 0.29) is 23.3 Å². The van der Waals surface area contributed by atoms with Crippen molar-refractivity contribution >= 4 is 27.7 Å². The lowest BCUT2D eigenvalue weighted by Gasteiger charge is -2.33. The Morgan fingerprint density at radius 3 is 2.43 bits per heavy atom. The fourth-order valence-corrected chi connectivity index (χ4v) is 5.27. The molecule has 9 nitrogen and oxygen atoms in total. The van der Waals surface area contributed by atoms with E-state index in [4.69, 9.17) is 11.1 Å². The summed E-state index contributed by atoms with van der Waals surface area (Å²) in [6.07, 6.45) is 8.85. The predicted octanol–water partition coefficient (Wildman–Crippen LogP) is 1.83. The van der Waals surface area contributed by atoms with Gasteiger partial charge in [0.25, 0.3) is 5.56 Å². The van der Waals surface area contributed by atoms with Crippen molar-refractivity contribution in [2.45, 2.75) is 57.0 Å². The smallest absolute Gasteiger partial charge is 0.254 e. The number of piperidine rings is 1. The van der Waals surface area contributed by atoms with E-state index in [0.717, 1.165) is 31.9 Å². The van der Waals surface area contributed by atoms with Crippen molar-refractivity contribution in [1.29, 1.82) is 5.41 Å². The molecule has 1 saturated heterocycles. The molecule has 0 bridgehead atoms. The molecule has 0 radical (unpaired) electrons. The number of nitrogens with two attached hydrogens (primary N) is 1. The maximum absolute atomic E-state index is 12.8. The minimum absolute atomic E-state index is 0.0684. The van der Waals surface area contributed by atoms with Gasteiger partial charge >= 0.3 is 0 Å². The quantitative estimate of drug-likeness (QED) is 0.482. The largest absolute Gasteiger partial charge is 0.398 e. The number of nitrogen functional groups attached to an aromatic ring is 1. The molecule has 0 spiro atoms. The topological polar surface area (TPSA) is 133 Å². The summed E-state index contributed by atoms with van der Waals surface area (Å²) in [7, 11) is -3.17. The Bertz CT molecular complexity index is 957. The minimum atomic E-state index is -3.17. The van der Waals surface area contributed by atoms with Crippen LogP contribution in [0.15, 0.2) is 23.3 Å². The van der Waals surface area contributed by atoms with Crippen LogP contribution in [0.1, 0.15) is 56.6 Å². The maximum atomic E-state index is 12.8. The van der Waals surface area contributed by atoms with Gasteiger partial charge in [0.05, 0.1) is 17.6 Å². The molecule has 30 heavy (non-hydrogen) atoms. The molecule has 1 aliphatic carbocycles. The van der Waals surface area contributed by atoms with Gasteiger partial charge in [0.2, 0.25) is 10.0 Å². The highest BCUT2D eigenvalue weighted by atomic mass is 32.2. The highest BCUT2D eigenvalue weighted by Gasteiger charge is 2.26. The van der Waals surface area contributed by atoms with Crippen molar-refractivity contribution < 1.29 is 8.42 Å². The van der Waals surface area contributed by atoms with Crippen molar-refractivity contribution in [2.75, 3.05) is 30.4 Å². The van der Waals surface area contributed by atoms with Crippen molar-refractivity contribution in [3.63, 3.8) is 0 Å². The first-order valence-corrected chi connectivity index (χ1v) is 12.3. The Labute approximate surface area is 177 Å². The fraction of sp³-hybridized carbons (Fsp3) is 0.600. The van der Waals surface area contributed by atoms with Gasteiger partial charge in [-0.15, -0.1) is 0 Å². The zero-order valence-electron chi connectivity index (χ0n) is 17.5. The molecule has 0 unspecified atom stereocenters. The number of aromatic nitrogens is 1. The van der Waals surface area contributed by atoms with Gasteiger partial charge in [0.15, 0.2) is 0 Å². The molecule has 0 atom stereocenters. The first-order chi connectivity index (χ1) is 14.2. The first kappa shape index (κ1) is 22.4. The predicted molar refractivity (Wildman–Crippen MR) is 120 cm³/mol. The van der Waals surface area contributed by atoms with Gasteiger partial charge in [-0.1, -0.05) is 25.8 Å². The molecule has 3 rings (SSSR count). The molecule has 10 heteroatoms. The number of sulfonamides is 1. The van der Waals surface area contributed by atoms with Crippen LogP contribution in [0.5, 0.6) is 0 Å². The zero-order valence-corrected chi connectivity index (χ0v) is 18.3. The Hall–Kier alpha value is -2.33. The number of rotatable bonds is 7. The molecule has 1 aromatic rings. The Kier molecular flexibility index (Phi) is 6.87. The van der Waals surface area contributed by atoms with Crippen molar-refractivity contribution in [3.05, 3.63) is 34.4 Å². The van der Waals surface area contributed by atoms with Crippen LogP contribution in [-0.4, -0.2) is 48.9 Å². The summed E-state index contributed by atoms with van der Waals surface area (Å²) in [5.74, 6) is 0.999. The van der Waals surface area contributed by atoms with Gasteiger partial charge in [-0.05, 0) is 25.7 Å². The van der Waals surface area contributed by atoms with Crippen molar-refractivity contribution in [3.8, 4) is 0 Å². The van der Waals surface area contributed by atoms with Crippen LogP contribution in [0.3, 0.4) is 0 Å². The second-order valence-corrected chi connectivity index (χ2v) is 10.2. The van der Waals surface area contributed by atoms with Crippen LogP contribution in [0.4, 0.5) is 11.5 Å². The van der Waals surface area contributed by atoms with E-state index in [1.807, 2.05) is 0 Å². The van der Waals surface area contributed by atoms with Gasteiger partial charge in [-0.2, -0.15) is 0 Å². The lowest BCUT2D eigenvalue weighted by molar-refractivity contribution is 0.301. The summed E-state index contributed by atoms with van der Waals surface area (Å²) in [6.45, 7) is 4.97. The lowest BCUT2D eigenvalue weighted by Crippen LogP contribution is -2.45. The van der Waals surface area contributed by atoms with E-state index < -0.39 is 10.0 Å². The summed E-state index contributed by atoms with van der Waals surface area (Å²) >= 11 is 0. The van der Waals surface area contributed by atoms with Crippen LogP contribution in [0.2, 0.25) is 0 Å². The van der Waals surface area contributed by atoms with Gasteiger partial charge < -0.3 is 21.8 Å². The molecule has 0 amide bonds. The molecule has 2 fully saturated rings. The number of pyridine rings is 1. The number of hydrogen-bond donors (Lipinski definition) is 4. The number of nitrogens with zero attached hydrogens (tertiary/aromatic N) is 2. The molecular formula is C20H32N6O3S. The second kappa shape index (κ2) is 9.22. The average Bonchev–Trinajstić information content (AvgIpc) is 2.68. The summed E-state index contributed by atoms with van der Waals surface area (Å²) < 4.78 is 26.6. The van der Waals surface area contributed by atoms with E-state index >= 15 is 0 Å². The summed E-state index contributed by atoms with van der Waals surface area (Å²) in [5.41, 5.74) is 6.58. The van der Waals surface area contributed by atoms with Gasteiger partial charge in [0.1, 0.15) is 5.82 Å². The Balaban J connectivity index is 1.77. The first-order valence-electron chi connectivity index (χ1n) is 10.4. The third kappa shape index (κ3) is 5.04. The van der Waals surface area contributed by atoms with Crippen molar-refractivity contribution in [2.24, 2.45) is 0 Å². The fourth-order valence-electron chi connectivity index (χ4n) is 4.40. The molecule has 166 valence electrons. The van der Waals surface area contributed by atoms with Crippen LogP contribution < -0.4 is 21.9 Å². The molecule has 1 aliphatic heterocycles. The third-order valence-electron chi connectivity index (χ3n) is 5.98. The van der Waals surface area contributed by atoms with E-state index in [0.29, 0.717) is 43.1 Å². The monoisotopic (exact) mass is 436 g/mol. The normalized spacial score (nSPS) is 19.4. The Morgan fingerprint density at radius 1 is 1.23 bits per heavy atom. The molecule has 0 aromatic carbocycles. The third-order valence-corrected chi connectivity index (χ3v) is 7.28. The van der Waals surface area contributed by atoms with E-state index in [2.05, 4.69) is 17.2 Å². The molecule has 1 aromatic heterocycles. The summed E-state index contributed by atoms with van der Waals surface area (Å²) in [6, 6.07) is 1.53. The highest BCUT2D eigenvalue weighted by Crippen LogP contribution is 2.32. The van der Waals surface area contributed by atoms with Crippen molar-refractivity contribution in [1.82, 2.24) is 14.2 Å². The van der Waals surface area contributed by atoms with E-state index in [9.17, 15) is 13.2 Å². The molecule has 2 aliphatic rings. The molecule has 2 heterocycles. The minimum Gasteiger partial charge on any atom is -0.398 e. The molecule has 1 saturated carbocycles. The average molecular weight is 437 g/mol. The second-order valence-electron chi connectivity index (χ2n) is 8.19. The van der Waals surface area contributed by atoms with Gasteiger partial charge in [0, 0.05) is 43.1 Å². The number of hydrogen-bond acceptors (Lipinski definition) is 7. The summed E-state index contributed by atoms with van der Waals surface area (Å²) in [5, 5.41) is 14.3.